The zero-order valence-electron chi connectivity index (χ0n) is 26.0. The van der Waals surface area contributed by atoms with Crippen LogP contribution in [0.25, 0.3) is 0 Å². The summed E-state index contributed by atoms with van der Waals surface area (Å²) < 4.78 is 36.5. The van der Waals surface area contributed by atoms with E-state index in [0.717, 1.165) is 48.1 Å². The fourth-order valence-corrected chi connectivity index (χ4v) is 8.62. The van der Waals surface area contributed by atoms with E-state index in [2.05, 4.69) is 5.32 Å². The van der Waals surface area contributed by atoms with E-state index >= 15 is 8.78 Å². The number of halogens is 2. The number of aryl methyl sites for hydroxylation is 1. The van der Waals surface area contributed by atoms with Crippen molar-refractivity contribution >= 4 is 11.9 Å². The van der Waals surface area contributed by atoms with Crippen LogP contribution in [0, 0.1) is 35.3 Å². The van der Waals surface area contributed by atoms with Crippen molar-refractivity contribution in [1.82, 2.24) is 5.32 Å². The molecule has 0 saturated heterocycles. The number of benzene rings is 3. The summed E-state index contributed by atoms with van der Waals surface area (Å²) in [4.78, 5) is 25.3. The molecular weight excluding hydrogens is 572 g/mol. The van der Waals surface area contributed by atoms with Crippen LogP contribution in [-0.4, -0.2) is 23.6 Å². The third-order valence-corrected chi connectivity index (χ3v) is 10.4. The summed E-state index contributed by atoms with van der Waals surface area (Å²) in [5.41, 5.74) is 2.83. The molecule has 1 atom stereocenters. The van der Waals surface area contributed by atoms with E-state index in [9.17, 15) is 14.7 Å². The van der Waals surface area contributed by atoms with Gasteiger partial charge >= 0.3 is 5.97 Å². The zero-order chi connectivity index (χ0) is 31.6. The summed E-state index contributed by atoms with van der Waals surface area (Å²) in [6, 6.07) is 17.6. The number of nitrogens with one attached hydrogen (secondary N) is 1. The summed E-state index contributed by atoms with van der Waals surface area (Å²) in [5, 5.41) is 12.7. The summed E-state index contributed by atoms with van der Waals surface area (Å²) >= 11 is 0. The minimum absolute atomic E-state index is 0.00339. The Kier molecular flexibility index (Phi) is 9.25. The van der Waals surface area contributed by atoms with Gasteiger partial charge in [0, 0.05) is 18.2 Å². The van der Waals surface area contributed by atoms with Crippen LogP contribution in [0.2, 0.25) is 0 Å². The normalized spacial score (nSPS) is 23.9. The van der Waals surface area contributed by atoms with E-state index in [1.165, 1.54) is 25.3 Å². The molecule has 4 bridgehead atoms. The van der Waals surface area contributed by atoms with Gasteiger partial charge in [0.1, 0.15) is 17.4 Å². The molecule has 45 heavy (non-hydrogen) atoms. The largest absolute Gasteiger partial charge is 0.493 e. The molecule has 0 spiro atoms. The second-order valence-corrected chi connectivity index (χ2v) is 13.7. The average molecular weight is 616 g/mol. The summed E-state index contributed by atoms with van der Waals surface area (Å²) in [5.74, 6) is -0.899. The number of rotatable bonds is 13. The highest BCUT2D eigenvalue weighted by molar-refractivity contribution is 5.94. The van der Waals surface area contributed by atoms with Crippen LogP contribution in [0.5, 0.6) is 5.75 Å². The van der Waals surface area contributed by atoms with Crippen molar-refractivity contribution in [2.45, 2.75) is 83.1 Å². The van der Waals surface area contributed by atoms with Crippen molar-refractivity contribution in [3.8, 4) is 5.75 Å². The summed E-state index contributed by atoms with van der Waals surface area (Å²) in [7, 11) is 0. The van der Waals surface area contributed by atoms with Gasteiger partial charge in [-0.15, -0.1) is 0 Å². The number of carbonyl (C=O) groups is 2. The first kappa shape index (κ1) is 31.3. The predicted octanol–water partition coefficient (Wildman–Crippen LogP) is 8.03. The summed E-state index contributed by atoms with van der Waals surface area (Å²) in [6.45, 7) is 2.28. The Hall–Kier alpha value is -3.74. The zero-order valence-corrected chi connectivity index (χ0v) is 26.0. The van der Waals surface area contributed by atoms with Crippen LogP contribution >= 0.6 is 0 Å². The number of carboxylic acid groups (broad SMARTS) is 1. The van der Waals surface area contributed by atoms with Crippen molar-refractivity contribution in [2.75, 3.05) is 6.61 Å². The molecule has 3 aromatic carbocycles. The molecule has 0 aromatic heterocycles. The van der Waals surface area contributed by atoms with Gasteiger partial charge in [-0.1, -0.05) is 43.3 Å². The lowest BCUT2D eigenvalue weighted by Crippen LogP contribution is -2.48. The first-order chi connectivity index (χ1) is 21.7. The van der Waals surface area contributed by atoms with Crippen molar-refractivity contribution in [3.63, 3.8) is 0 Å². The maximum atomic E-state index is 15.5. The molecule has 4 aliphatic rings. The second kappa shape index (κ2) is 13.3. The molecular formula is C38H43F2NO4. The number of carbonyl (C=O) groups excluding carboxylic acids is 1. The Morgan fingerprint density at radius 1 is 0.933 bits per heavy atom. The van der Waals surface area contributed by atoms with Crippen LogP contribution in [0.15, 0.2) is 60.7 Å². The van der Waals surface area contributed by atoms with Gasteiger partial charge in [0.05, 0.1) is 18.1 Å². The Morgan fingerprint density at radius 2 is 1.62 bits per heavy atom. The molecule has 4 aliphatic carbocycles. The predicted molar refractivity (Wildman–Crippen MR) is 169 cm³/mol. The van der Waals surface area contributed by atoms with E-state index < -0.39 is 29.4 Å². The Bertz CT molecular complexity index is 1500. The molecule has 5 nitrogen and oxygen atoms in total. The maximum Gasteiger partial charge on any atom is 0.306 e. The lowest BCUT2D eigenvalue weighted by molar-refractivity contribution is -0.141. The monoisotopic (exact) mass is 615 g/mol. The van der Waals surface area contributed by atoms with Crippen LogP contribution in [-0.2, 0) is 29.6 Å². The van der Waals surface area contributed by atoms with Crippen LogP contribution in [0.4, 0.5) is 8.78 Å². The standard InChI is InChI=1S/C38H43F2NO4/c1-2-12-45-35-19-33(39)29(16-28(37(43)44)9-8-24-6-4-3-5-7-24)17-30(35)23-41-36(42)32-11-10-31(18-34(32)40)38-20-25-13-26(21-38)15-27(14-25)22-38/h3-7,10-11,17-19,25-28H,2,8-9,12-16,20-23H2,1H3,(H,41,42)(H,43,44). The molecule has 4 fully saturated rings. The number of carboxylic acids is 1. The lowest BCUT2D eigenvalue weighted by atomic mass is 9.48. The van der Waals surface area contributed by atoms with Crippen molar-refractivity contribution in [1.29, 1.82) is 0 Å². The van der Waals surface area contributed by atoms with E-state index in [0.29, 0.717) is 31.4 Å². The van der Waals surface area contributed by atoms with E-state index in [-0.39, 0.29) is 35.3 Å². The molecule has 4 saturated carbocycles. The van der Waals surface area contributed by atoms with Gasteiger partial charge in [-0.25, -0.2) is 8.78 Å². The highest BCUT2D eigenvalue weighted by atomic mass is 19.1. The number of aliphatic carboxylic acids is 1. The summed E-state index contributed by atoms with van der Waals surface area (Å²) in [6.07, 6.45) is 8.90. The maximum absolute atomic E-state index is 15.5. The molecule has 238 valence electrons. The van der Waals surface area contributed by atoms with Crippen molar-refractivity contribution in [2.24, 2.45) is 23.7 Å². The highest BCUT2D eigenvalue weighted by Crippen LogP contribution is 2.60. The van der Waals surface area contributed by atoms with Crippen molar-refractivity contribution in [3.05, 3.63) is 100 Å². The Balaban J connectivity index is 1.16. The fraction of sp³-hybridized carbons (Fsp3) is 0.474. The van der Waals surface area contributed by atoms with E-state index in [1.54, 1.807) is 18.2 Å². The molecule has 0 radical (unpaired) electrons. The fourth-order valence-electron chi connectivity index (χ4n) is 8.62. The van der Waals surface area contributed by atoms with Crippen LogP contribution in [0.3, 0.4) is 0 Å². The number of ether oxygens (including phenoxy) is 1. The number of hydrogen-bond acceptors (Lipinski definition) is 3. The van der Waals surface area contributed by atoms with Gasteiger partial charge in [0.25, 0.3) is 5.91 Å². The van der Waals surface area contributed by atoms with Gasteiger partial charge in [-0.3, -0.25) is 9.59 Å². The number of hydrogen-bond donors (Lipinski definition) is 2. The van der Waals surface area contributed by atoms with Crippen LogP contribution < -0.4 is 10.1 Å². The van der Waals surface area contributed by atoms with Gasteiger partial charge in [-0.2, -0.15) is 0 Å². The third-order valence-electron chi connectivity index (χ3n) is 10.4. The van der Waals surface area contributed by atoms with Crippen molar-refractivity contribution < 1.29 is 28.2 Å². The SMILES string of the molecule is CCCOc1cc(F)c(CC(CCc2ccccc2)C(=O)O)cc1CNC(=O)c1ccc(C23CC4CC(CC(C4)C2)C3)cc1F. The minimum atomic E-state index is -0.987. The second-order valence-electron chi connectivity index (χ2n) is 13.7. The average Bonchev–Trinajstić information content (AvgIpc) is 3.01. The molecule has 1 amide bonds. The van der Waals surface area contributed by atoms with Gasteiger partial charge in [0.2, 0.25) is 0 Å². The molecule has 7 heteroatoms. The van der Waals surface area contributed by atoms with E-state index in [4.69, 9.17) is 4.74 Å². The first-order valence-electron chi connectivity index (χ1n) is 16.5. The van der Waals surface area contributed by atoms with Crippen LogP contribution in [0.1, 0.15) is 90.9 Å². The lowest BCUT2D eigenvalue weighted by Gasteiger charge is -2.57. The Morgan fingerprint density at radius 3 is 2.24 bits per heavy atom. The first-order valence-corrected chi connectivity index (χ1v) is 16.5. The smallest absolute Gasteiger partial charge is 0.306 e. The minimum Gasteiger partial charge on any atom is -0.493 e. The number of amides is 1. The topological polar surface area (TPSA) is 75.6 Å². The molecule has 2 N–H and O–H groups in total. The Labute approximate surface area is 264 Å². The molecule has 0 aliphatic heterocycles. The molecule has 0 heterocycles. The van der Waals surface area contributed by atoms with Gasteiger partial charge in [0.15, 0.2) is 0 Å². The van der Waals surface area contributed by atoms with Gasteiger partial charge in [-0.05, 0) is 122 Å². The molecule has 1 unspecified atom stereocenters. The van der Waals surface area contributed by atoms with E-state index in [1.807, 2.05) is 43.3 Å². The molecule has 7 rings (SSSR count). The highest BCUT2D eigenvalue weighted by Gasteiger charge is 2.51. The van der Waals surface area contributed by atoms with Gasteiger partial charge < -0.3 is 15.2 Å². The molecule has 3 aromatic rings. The third kappa shape index (κ3) is 6.92. The quantitative estimate of drug-likeness (QED) is 0.204.